The predicted molar refractivity (Wildman–Crippen MR) is 118 cm³/mol. The molecule has 0 N–H and O–H groups in total. The van der Waals surface area contributed by atoms with Gasteiger partial charge in [-0.3, -0.25) is 4.79 Å². The lowest BCUT2D eigenvalue weighted by atomic mass is 10.2. The largest absolute Gasteiger partial charge is 0.274 e. The van der Waals surface area contributed by atoms with Gasteiger partial charge in [-0.1, -0.05) is 78.5 Å². The summed E-state index contributed by atoms with van der Waals surface area (Å²) in [6, 6.07) is 25.7. The molecule has 0 aliphatic heterocycles. The van der Waals surface area contributed by atoms with Gasteiger partial charge in [0.1, 0.15) is 0 Å². The minimum atomic E-state index is -4.03. The highest BCUT2D eigenvalue weighted by Crippen LogP contribution is 2.35. The van der Waals surface area contributed by atoms with Gasteiger partial charge in [0.05, 0.1) is 4.90 Å². The smallest absolute Gasteiger partial charge is 0.270 e. The lowest BCUT2D eigenvalue weighted by Crippen LogP contribution is -2.31. The van der Waals surface area contributed by atoms with E-state index >= 15 is 0 Å². The van der Waals surface area contributed by atoms with Gasteiger partial charge < -0.3 is 0 Å². The molecule has 29 heavy (non-hydrogen) atoms. The van der Waals surface area contributed by atoms with Crippen LogP contribution < -0.4 is 0 Å². The third-order valence-electron chi connectivity index (χ3n) is 4.20. The van der Waals surface area contributed by atoms with Gasteiger partial charge in [-0.2, -0.15) is 0 Å². The second kappa shape index (κ2) is 9.11. The number of hydrogen-bond acceptors (Lipinski definition) is 4. The molecule has 0 aliphatic carbocycles. The molecule has 0 bridgehead atoms. The SMILES string of the molecule is CC(=O)N(/C=C(\Sc1ccccc1)c1ccccc1)S(=O)(=O)c1ccccc1C. The Kier molecular flexibility index (Phi) is 6.56. The van der Waals surface area contributed by atoms with Crippen molar-refractivity contribution < 1.29 is 13.2 Å². The zero-order valence-corrected chi connectivity index (χ0v) is 17.8. The van der Waals surface area contributed by atoms with Crippen molar-refractivity contribution in [3.05, 3.63) is 102 Å². The van der Waals surface area contributed by atoms with Gasteiger partial charge in [0.15, 0.2) is 0 Å². The molecule has 0 heterocycles. The van der Waals surface area contributed by atoms with Gasteiger partial charge in [-0.15, -0.1) is 0 Å². The van der Waals surface area contributed by atoms with Crippen LogP contribution >= 0.6 is 11.8 Å². The first-order valence-electron chi connectivity index (χ1n) is 9.00. The minimum absolute atomic E-state index is 0.114. The Bertz CT molecular complexity index is 1130. The van der Waals surface area contributed by atoms with Crippen LogP contribution in [0.2, 0.25) is 0 Å². The summed E-state index contributed by atoms with van der Waals surface area (Å²) >= 11 is 1.41. The summed E-state index contributed by atoms with van der Waals surface area (Å²) in [6.07, 6.45) is 1.41. The normalized spacial score (nSPS) is 11.9. The van der Waals surface area contributed by atoms with Crippen LogP contribution in [0.25, 0.3) is 4.91 Å². The molecule has 1 amide bonds. The molecular weight excluding hydrogens is 402 g/mol. The van der Waals surface area contributed by atoms with Gasteiger partial charge in [-0.25, -0.2) is 12.7 Å². The van der Waals surface area contributed by atoms with Crippen LogP contribution in [-0.2, 0) is 14.8 Å². The maximum absolute atomic E-state index is 13.3. The molecule has 0 aromatic heterocycles. The van der Waals surface area contributed by atoms with Gasteiger partial charge in [0.25, 0.3) is 10.0 Å². The van der Waals surface area contributed by atoms with Crippen LogP contribution in [0.4, 0.5) is 0 Å². The van der Waals surface area contributed by atoms with E-state index in [1.807, 2.05) is 60.7 Å². The van der Waals surface area contributed by atoms with E-state index in [0.29, 0.717) is 10.5 Å². The predicted octanol–water partition coefficient (Wildman–Crippen LogP) is 5.32. The first-order chi connectivity index (χ1) is 13.9. The highest BCUT2D eigenvalue weighted by molar-refractivity contribution is 8.08. The number of hydrogen-bond donors (Lipinski definition) is 0. The van der Waals surface area contributed by atoms with Gasteiger partial charge >= 0.3 is 0 Å². The fourth-order valence-electron chi connectivity index (χ4n) is 2.77. The number of nitrogens with zero attached hydrogens (tertiary/aromatic N) is 1. The van der Waals surface area contributed by atoms with Crippen LogP contribution in [0.3, 0.4) is 0 Å². The Hall–Kier alpha value is -2.83. The first kappa shape index (κ1) is 20.9. The molecule has 148 valence electrons. The fourth-order valence-corrected chi connectivity index (χ4v) is 5.31. The van der Waals surface area contributed by atoms with Crippen molar-refractivity contribution in [2.24, 2.45) is 0 Å². The second-order valence-corrected chi connectivity index (χ2v) is 9.26. The summed E-state index contributed by atoms with van der Waals surface area (Å²) in [4.78, 5) is 14.1. The lowest BCUT2D eigenvalue weighted by Gasteiger charge is -2.20. The minimum Gasteiger partial charge on any atom is -0.274 e. The van der Waals surface area contributed by atoms with E-state index in [4.69, 9.17) is 0 Å². The molecule has 0 radical (unpaired) electrons. The average Bonchev–Trinajstić information content (AvgIpc) is 2.72. The zero-order chi connectivity index (χ0) is 20.9. The van der Waals surface area contributed by atoms with Crippen molar-refractivity contribution in [2.45, 2.75) is 23.6 Å². The Morgan fingerprint density at radius 3 is 2.00 bits per heavy atom. The van der Waals surface area contributed by atoms with E-state index in [2.05, 4.69) is 0 Å². The van der Waals surface area contributed by atoms with Gasteiger partial charge in [0, 0.05) is 22.9 Å². The van der Waals surface area contributed by atoms with Gasteiger partial charge in [0.2, 0.25) is 5.91 Å². The summed E-state index contributed by atoms with van der Waals surface area (Å²) in [7, 11) is -4.03. The summed E-state index contributed by atoms with van der Waals surface area (Å²) in [6.45, 7) is 2.97. The molecule has 0 aliphatic rings. The second-order valence-electron chi connectivity index (χ2n) is 6.36. The zero-order valence-electron chi connectivity index (χ0n) is 16.1. The topological polar surface area (TPSA) is 54.5 Å². The van der Waals surface area contributed by atoms with Crippen LogP contribution in [-0.4, -0.2) is 18.6 Å². The molecule has 6 heteroatoms. The molecule has 0 saturated heterocycles. The first-order valence-corrected chi connectivity index (χ1v) is 11.3. The number of carbonyl (C=O) groups is 1. The molecule has 0 unspecified atom stereocenters. The number of rotatable bonds is 6. The Labute approximate surface area is 175 Å². The average molecular weight is 424 g/mol. The number of amides is 1. The van der Waals surface area contributed by atoms with Crippen LogP contribution in [0.15, 0.2) is 101 Å². The lowest BCUT2D eigenvalue weighted by molar-refractivity contribution is -0.122. The van der Waals surface area contributed by atoms with E-state index < -0.39 is 15.9 Å². The molecule has 0 fully saturated rings. The molecular formula is C23H21NO3S2. The van der Waals surface area contributed by atoms with Crippen molar-refractivity contribution in [3.63, 3.8) is 0 Å². The summed E-state index contributed by atoms with van der Waals surface area (Å²) < 4.78 is 27.4. The number of thioether (sulfide) groups is 1. The quantitative estimate of drug-likeness (QED) is 0.503. The molecule has 4 nitrogen and oxygen atoms in total. The Morgan fingerprint density at radius 1 is 0.862 bits per heavy atom. The molecule has 0 saturated carbocycles. The van der Waals surface area contributed by atoms with Crippen molar-refractivity contribution in [3.8, 4) is 0 Å². The molecule has 3 aromatic rings. The highest BCUT2D eigenvalue weighted by Gasteiger charge is 2.27. The van der Waals surface area contributed by atoms with Crippen molar-refractivity contribution in [1.29, 1.82) is 0 Å². The Morgan fingerprint density at radius 2 is 1.41 bits per heavy atom. The monoisotopic (exact) mass is 423 g/mol. The van der Waals surface area contributed by atoms with Crippen molar-refractivity contribution in [2.75, 3.05) is 0 Å². The summed E-state index contributed by atoms with van der Waals surface area (Å²) in [5.41, 5.74) is 1.41. The van der Waals surface area contributed by atoms with E-state index in [-0.39, 0.29) is 4.90 Å². The van der Waals surface area contributed by atoms with Crippen molar-refractivity contribution in [1.82, 2.24) is 4.31 Å². The molecule has 3 rings (SSSR count). The number of aryl methyl sites for hydroxylation is 1. The van der Waals surface area contributed by atoms with E-state index in [0.717, 1.165) is 14.8 Å². The highest BCUT2D eigenvalue weighted by atomic mass is 32.2. The summed E-state index contributed by atoms with van der Waals surface area (Å²) in [5, 5.41) is 0. The molecule has 0 atom stereocenters. The number of sulfonamides is 1. The maximum atomic E-state index is 13.3. The van der Waals surface area contributed by atoms with Crippen LogP contribution in [0, 0.1) is 6.92 Å². The maximum Gasteiger partial charge on any atom is 0.270 e. The number of benzene rings is 3. The number of carbonyl (C=O) groups excluding carboxylic acids is 1. The van der Waals surface area contributed by atoms with E-state index in [1.54, 1.807) is 25.1 Å². The van der Waals surface area contributed by atoms with Gasteiger partial charge in [-0.05, 0) is 36.2 Å². The Balaban J connectivity index is 2.12. The van der Waals surface area contributed by atoms with E-state index in [9.17, 15) is 13.2 Å². The van der Waals surface area contributed by atoms with E-state index in [1.165, 1.54) is 31.0 Å². The standard InChI is InChI=1S/C23H21NO3S2/c1-18-11-9-10-16-23(18)29(26,27)24(19(2)25)17-22(20-12-5-3-6-13-20)28-21-14-7-4-8-15-21/h3-17H,1-2H3/b22-17-. The fraction of sp³-hybridized carbons (Fsp3) is 0.0870. The third kappa shape index (κ3) is 4.96. The molecule has 3 aromatic carbocycles. The van der Waals surface area contributed by atoms with Crippen LogP contribution in [0.5, 0.6) is 0 Å². The van der Waals surface area contributed by atoms with Crippen molar-refractivity contribution >= 4 is 32.6 Å². The third-order valence-corrected chi connectivity index (χ3v) is 7.17. The van der Waals surface area contributed by atoms with Crippen LogP contribution in [0.1, 0.15) is 18.1 Å². The summed E-state index contributed by atoms with van der Waals surface area (Å²) in [5.74, 6) is -0.574. The molecule has 0 spiro atoms.